The topological polar surface area (TPSA) is 102 Å². The Balaban J connectivity index is 1.40. The number of piperidine rings is 1. The van der Waals surface area contributed by atoms with E-state index in [0.717, 1.165) is 31.6 Å². The summed E-state index contributed by atoms with van der Waals surface area (Å²) < 4.78 is 7.34. The molecule has 2 aromatic rings. The SMILES string of the molecule is CCCCOc1nc(N)c2[nH]c(=O)n(CCCC3CCCCN3CC3CCCC3)c2n1. The number of unbranched alkanes of at least 4 members (excludes halogenated alkanes) is 1. The smallest absolute Gasteiger partial charge is 0.327 e. The molecule has 0 amide bonds. The Morgan fingerprint density at radius 2 is 1.94 bits per heavy atom. The first-order chi connectivity index (χ1) is 15.2. The standard InChI is InChI=1S/C23H38N6O2/c1-2-3-15-31-22-26-20(24)19-21(27-22)29(23(30)25-19)14-8-12-18-11-6-7-13-28(18)16-17-9-4-5-10-17/h17-18H,2-16H2,1H3,(H,25,30)(H2,24,26,27). The third-order valence-corrected chi connectivity index (χ3v) is 6.99. The lowest BCUT2D eigenvalue weighted by Crippen LogP contribution is -2.42. The molecule has 1 unspecified atom stereocenters. The molecule has 1 saturated heterocycles. The fourth-order valence-corrected chi connectivity index (χ4v) is 5.25. The van der Waals surface area contributed by atoms with E-state index in [0.29, 0.717) is 30.4 Å². The highest BCUT2D eigenvalue weighted by molar-refractivity contribution is 5.81. The summed E-state index contributed by atoms with van der Waals surface area (Å²) in [5.74, 6) is 1.16. The van der Waals surface area contributed by atoms with Gasteiger partial charge in [0.1, 0.15) is 5.52 Å². The number of H-pyrrole nitrogens is 1. The molecule has 0 bridgehead atoms. The number of rotatable bonds is 10. The van der Waals surface area contributed by atoms with Crippen LogP contribution in [-0.4, -0.2) is 50.2 Å². The molecule has 8 nitrogen and oxygen atoms in total. The highest BCUT2D eigenvalue weighted by Crippen LogP contribution is 2.29. The van der Waals surface area contributed by atoms with Gasteiger partial charge in [0.25, 0.3) is 0 Å². The minimum absolute atomic E-state index is 0.173. The molecule has 1 aliphatic heterocycles. The van der Waals surface area contributed by atoms with Crippen molar-refractivity contribution in [2.24, 2.45) is 5.92 Å². The van der Waals surface area contributed by atoms with Crippen LogP contribution < -0.4 is 16.2 Å². The van der Waals surface area contributed by atoms with Crippen molar-refractivity contribution in [3.8, 4) is 6.01 Å². The summed E-state index contributed by atoms with van der Waals surface area (Å²) >= 11 is 0. The van der Waals surface area contributed by atoms with E-state index in [-0.39, 0.29) is 17.5 Å². The Morgan fingerprint density at radius 3 is 2.74 bits per heavy atom. The molecule has 8 heteroatoms. The van der Waals surface area contributed by atoms with Crippen molar-refractivity contribution in [1.29, 1.82) is 0 Å². The second-order valence-corrected chi connectivity index (χ2v) is 9.31. The van der Waals surface area contributed by atoms with Gasteiger partial charge in [-0.05, 0) is 57.4 Å². The fraction of sp³-hybridized carbons (Fsp3) is 0.783. The average molecular weight is 431 g/mol. The number of hydrogen-bond donors (Lipinski definition) is 2. The monoisotopic (exact) mass is 430 g/mol. The van der Waals surface area contributed by atoms with Gasteiger partial charge in [0, 0.05) is 19.1 Å². The van der Waals surface area contributed by atoms with Crippen LogP contribution >= 0.6 is 0 Å². The lowest BCUT2D eigenvalue weighted by atomic mass is 9.95. The normalized spacial score (nSPS) is 20.6. The van der Waals surface area contributed by atoms with Crippen LogP contribution in [0.4, 0.5) is 5.82 Å². The van der Waals surface area contributed by atoms with Crippen molar-refractivity contribution in [2.75, 3.05) is 25.4 Å². The second-order valence-electron chi connectivity index (χ2n) is 9.31. The van der Waals surface area contributed by atoms with Crippen molar-refractivity contribution in [1.82, 2.24) is 24.4 Å². The Labute approximate surface area is 184 Å². The van der Waals surface area contributed by atoms with Gasteiger partial charge in [-0.15, -0.1) is 0 Å². The molecule has 0 radical (unpaired) electrons. The van der Waals surface area contributed by atoms with E-state index < -0.39 is 0 Å². The maximum Gasteiger partial charge on any atom is 0.327 e. The second kappa shape index (κ2) is 10.5. The van der Waals surface area contributed by atoms with Crippen molar-refractivity contribution >= 4 is 17.0 Å². The van der Waals surface area contributed by atoms with E-state index in [1.807, 2.05) is 0 Å². The van der Waals surface area contributed by atoms with E-state index in [1.165, 1.54) is 58.0 Å². The van der Waals surface area contributed by atoms with Crippen LogP contribution in [0.2, 0.25) is 0 Å². The van der Waals surface area contributed by atoms with E-state index in [1.54, 1.807) is 4.57 Å². The molecule has 3 N–H and O–H groups in total. The Bertz CT molecular complexity index is 901. The number of aryl methyl sites for hydroxylation is 1. The van der Waals surface area contributed by atoms with Gasteiger partial charge in [-0.1, -0.05) is 32.6 Å². The van der Waals surface area contributed by atoms with E-state index in [4.69, 9.17) is 10.5 Å². The average Bonchev–Trinajstić information content (AvgIpc) is 3.38. The molecule has 2 aliphatic rings. The molecule has 2 fully saturated rings. The van der Waals surface area contributed by atoms with Crippen LogP contribution in [0.1, 0.15) is 77.6 Å². The predicted octanol–water partition coefficient (Wildman–Crippen LogP) is 3.71. The predicted molar refractivity (Wildman–Crippen MR) is 123 cm³/mol. The molecule has 1 atom stereocenters. The van der Waals surface area contributed by atoms with Gasteiger partial charge < -0.3 is 20.4 Å². The minimum atomic E-state index is -0.173. The molecule has 172 valence electrons. The van der Waals surface area contributed by atoms with Gasteiger partial charge in [-0.25, -0.2) is 4.79 Å². The maximum absolute atomic E-state index is 12.6. The molecule has 4 rings (SSSR count). The fourth-order valence-electron chi connectivity index (χ4n) is 5.25. The number of ether oxygens (including phenoxy) is 1. The van der Waals surface area contributed by atoms with Crippen molar-refractivity contribution < 1.29 is 4.74 Å². The number of fused-ring (bicyclic) bond motifs is 1. The Kier molecular flexibility index (Phi) is 7.48. The number of nitrogens with two attached hydrogens (primary N) is 1. The molecule has 1 aliphatic carbocycles. The zero-order chi connectivity index (χ0) is 21.6. The molecular formula is C23H38N6O2. The summed E-state index contributed by atoms with van der Waals surface area (Å²) in [6.07, 6.45) is 13.6. The number of aromatic amines is 1. The quantitative estimate of drug-likeness (QED) is 0.557. The van der Waals surface area contributed by atoms with Crippen molar-refractivity contribution in [2.45, 2.75) is 90.1 Å². The number of hydrogen-bond acceptors (Lipinski definition) is 6. The summed E-state index contributed by atoms with van der Waals surface area (Å²) in [4.78, 5) is 26.8. The molecular weight excluding hydrogens is 392 g/mol. The van der Waals surface area contributed by atoms with E-state index in [9.17, 15) is 4.79 Å². The van der Waals surface area contributed by atoms with Crippen LogP contribution in [0.5, 0.6) is 6.01 Å². The van der Waals surface area contributed by atoms with Gasteiger partial charge in [0.2, 0.25) is 0 Å². The number of anilines is 1. The number of nitrogen functional groups attached to an aromatic ring is 1. The lowest BCUT2D eigenvalue weighted by molar-refractivity contribution is 0.116. The number of imidazole rings is 1. The highest BCUT2D eigenvalue weighted by atomic mass is 16.5. The summed E-state index contributed by atoms with van der Waals surface area (Å²) in [5.41, 5.74) is 6.95. The minimum Gasteiger partial charge on any atom is -0.463 e. The number of nitrogens with one attached hydrogen (secondary N) is 1. The molecule has 1 saturated carbocycles. The molecule has 0 spiro atoms. The Morgan fingerprint density at radius 1 is 1.13 bits per heavy atom. The zero-order valence-electron chi connectivity index (χ0n) is 18.9. The van der Waals surface area contributed by atoms with Crippen molar-refractivity contribution in [3.05, 3.63) is 10.5 Å². The van der Waals surface area contributed by atoms with E-state index >= 15 is 0 Å². The van der Waals surface area contributed by atoms with E-state index in [2.05, 4.69) is 26.8 Å². The van der Waals surface area contributed by atoms with Gasteiger partial charge >= 0.3 is 11.7 Å². The van der Waals surface area contributed by atoms with Gasteiger partial charge in [-0.3, -0.25) is 4.57 Å². The van der Waals surface area contributed by atoms with Crippen LogP contribution in [-0.2, 0) is 6.54 Å². The number of likely N-dealkylation sites (tertiary alicyclic amines) is 1. The van der Waals surface area contributed by atoms with Gasteiger partial charge in [-0.2, -0.15) is 9.97 Å². The third-order valence-electron chi connectivity index (χ3n) is 6.99. The largest absolute Gasteiger partial charge is 0.463 e. The summed E-state index contributed by atoms with van der Waals surface area (Å²) in [6, 6.07) is 0.893. The molecule has 2 aromatic heterocycles. The summed E-state index contributed by atoms with van der Waals surface area (Å²) in [5, 5.41) is 0. The lowest BCUT2D eigenvalue weighted by Gasteiger charge is -2.37. The maximum atomic E-state index is 12.6. The molecule has 3 heterocycles. The number of nitrogens with zero attached hydrogens (tertiary/aromatic N) is 4. The van der Waals surface area contributed by atoms with Gasteiger partial charge in [0.15, 0.2) is 11.5 Å². The van der Waals surface area contributed by atoms with Crippen LogP contribution in [0.25, 0.3) is 11.2 Å². The molecule has 0 aromatic carbocycles. The highest BCUT2D eigenvalue weighted by Gasteiger charge is 2.26. The molecule has 31 heavy (non-hydrogen) atoms. The first-order valence-corrected chi connectivity index (χ1v) is 12.3. The first kappa shape index (κ1) is 22.1. The summed E-state index contributed by atoms with van der Waals surface area (Å²) in [7, 11) is 0. The van der Waals surface area contributed by atoms with Crippen LogP contribution in [0, 0.1) is 5.92 Å². The third kappa shape index (κ3) is 5.40. The Hall–Kier alpha value is -2.09. The summed E-state index contributed by atoms with van der Waals surface area (Å²) in [6.45, 7) is 5.79. The van der Waals surface area contributed by atoms with Crippen LogP contribution in [0.15, 0.2) is 4.79 Å². The van der Waals surface area contributed by atoms with Crippen LogP contribution in [0.3, 0.4) is 0 Å². The van der Waals surface area contributed by atoms with Crippen molar-refractivity contribution in [3.63, 3.8) is 0 Å². The number of aromatic nitrogens is 4. The van der Waals surface area contributed by atoms with Gasteiger partial charge in [0.05, 0.1) is 6.61 Å². The first-order valence-electron chi connectivity index (χ1n) is 12.3. The zero-order valence-corrected chi connectivity index (χ0v) is 18.9.